The number of aryl methyl sites for hydroxylation is 2. The normalized spacial score (nSPS) is 16.2. The van der Waals surface area contributed by atoms with Gasteiger partial charge in [-0.1, -0.05) is 48.5 Å². The smallest absolute Gasteiger partial charge is 0.125 e. The van der Waals surface area contributed by atoms with E-state index in [1.807, 2.05) is 0 Å². The molecule has 0 saturated carbocycles. The van der Waals surface area contributed by atoms with E-state index in [-0.39, 0.29) is 32.7 Å². The summed E-state index contributed by atoms with van der Waals surface area (Å²) in [6.45, 7) is 10.1. The van der Waals surface area contributed by atoms with Gasteiger partial charge in [0.25, 0.3) is 0 Å². The summed E-state index contributed by atoms with van der Waals surface area (Å²) in [4.78, 5) is 0. The van der Waals surface area contributed by atoms with Gasteiger partial charge in [-0.25, -0.2) is 0 Å². The molecule has 2 aromatic carbocycles. The maximum absolute atomic E-state index is 6.18. The summed E-state index contributed by atoms with van der Waals surface area (Å²) >= 11 is 0. The standard InChI is InChI=1S/C24H34NO.Y/c1-21-12-10-13-22(2)24(21)26-19-11-18-25(16-8-3-4-9-17-25)20-23-14-6-5-7-15-23;/h5-7,10,12-15H,3-4,8-9,11,16-20H2,1-2H3;/q+1;. The predicted molar refractivity (Wildman–Crippen MR) is 110 cm³/mol. The van der Waals surface area contributed by atoms with Crippen LogP contribution in [0.2, 0.25) is 0 Å². The van der Waals surface area contributed by atoms with Crippen LogP contribution in [0.15, 0.2) is 48.5 Å². The van der Waals surface area contributed by atoms with Crippen molar-refractivity contribution in [2.75, 3.05) is 26.2 Å². The Balaban J connectivity index is 0.00000261. The zero-order chi connectivity index (χ0) is 18.2. The van der Waals surface area contributed by atoms with Crippen molar-refractivity contribution in [3.05, 3.63) is 65.2 Å². The minimum Gasteiger partial charge on any atom is -0.493 e. The zero-order valence-electron chi connectivity index (χ0n) is 17.1. The van der Waals surface area contributed by atoms with E-state index in [9.17, 15) is 0 Å². The fourth-order valence-corrected chi connectivity index (χ4v) is 4.39. The van der Waals surface area contributed by atoms with Crippen molar-refractivity contribution >= 4 is 0 Å². The molecule has 27 heavy (non-hydrogen) atoms. The second kappa shape index (κ2) is 11.3. The van der Waals surface area contributed by atoms with Crippen LogP contribution in [0.3, 0.4) is 0 Å². The van der Waals surface area contributed by atoms with E-state index in [2.05, 4.69) is 62.4 Å². The van der Waals surface area contributed by atoms with E-state index >= 15 is 0 Å². The van der Waals surface area contributed by atoms with Gasteiger partial charge in [0.05, 0.1) is 26.2 Å². The van der Waals surface area contributed by atoms with E-state index in [1.54, 1.807) is 0 Å². The number of benzene rings is 2. The molecular formula is C24H34NOY+. The molecule has 0 unspecified atom stereocenters. The molecule has 0 bridgehead atoms. The predicted octanol–water partition coefficient (Wildman–Crippen LogP) is 5.66. The van der Waals surface area contributed by atoms with Crippen LogP contribution in [-0.2, 0) is 39.3 Å². The second-order valence-electron chi connectivity index (χ2n) is 7.99. The van der Waals surface area contributed by atoms with E-state index in [4.69, 9.17) is 4.74 Å². The molecule has 2 aromatic rings. The molecule has 1 saturated heterocycles. The fraction of sp³-hybridized carbons (Fsp3) is 0.500. The minimum absolute atomic E-state index is 0. The Labute approximate surface area is 190 Å². The second-order valence-corrected chi connectivity index (χ2v) is 7.99. The number of hydrogen-bond donors (Lipinski definition) is 0. The first kappa shape index (κ1) is 22.6. The van der Waals surface area contributed by atoms with E-state index in [0.29, 0.717) is 0 Å². The summed E-state index contributed by atoms with van der Waals surface area (Å²) in [5.41, 5.74) is 3.96. The number of para-hydroxylation sites is 1. The molecule has 3 rings (SSSR count). The number of rotatable bonds is 7. The quantitative estimate of drug-likeness (QED) is 0.398. The molecule has 0 amide bonds. The largest absolute Gasteiger partial charge is 0.493 e. The van der Waals surface area contributed by atoms with Crippen LogP contribution in [-0.4, -0.2) is 30.7 Å². The third-order valence-electron chi connectivity index (χ3n) is 5.81. The van der Waals surface area contributed by atoms with Crippen molar-refractivity contribution in [3.8, 4) is 5.75 Å². The molecule has 1 heterocycles. The monoisotopic (exact) mass is 441 g/mol. The van der Waals surface area contributed by atoms with Gasteiger partial charge in [-0.15, -0.1) is 0 Å². The fourth-order valence-electron chi connectivity index (χ4n) is 4.39. The summed E-state index contributed by atoms with van der Waals surface area (Å²) in [6, 6.07) is 17.4. The van der Waals surface area contributed by atoms with E-state index in [1.165, 1.54) is 73.0 Å². The number of ether oxygens (including phenoxy) is 1. The third-order valence-corrected chi connectivity index (χ3v) is 5.81. The Morgan fingerprint density at radius 3 is 2.07 bits per heavy atom. The molecular weight excluding hydrogens is 407 g/mol. The number of likely N-dealkylation sites (tertiary alicyclic amines) is 1. The summed E-state index contributed by atoms with van der Waals surface area (Å²) in [6.07, 6.45) is 6.65. The molecule has 1 fully saturated rings. The summed E-state index contributed by atoms with van der Waals surface area (Å²) in [5.74, 6) is 1.08. The number of hydrogen-bond acceptors (Lipinski definition) is 1. The Morgan fingerprint density at radius 2 is 1.44 bits per heavy atom. The zero-order valence-corrected chi connectivity index (χ0v) is 20.0. The summed E-state index contributed by atoms with van der Waals surface area (Å²) in [5, 5.41) is 0. The van der Waals surface area contributed by atoms with Gasteiger partial charge in [-0.3, -0.25) is 0 Å². The van der Waals surface area contributed by atoms with Crippen LogP contribution in [0, 0.1) is 13.8 Å². The van der Waals surface area contributed by atoms with E-state index < -0.39 is 0 Å². The molecule has 143 valence electrons. The summed E-state index contributed by atoms with van der Waals surface area (Å²) in [7, 11) is 0. The molecule has 1 aliphatic heterocycles. The number of nitrogens with zero attached hydrogens (tertiary/aromatic N) is 1. The van der Waals surface area contributed by atoms with Crippen LogP contribution < -0.4 is 4.74 Å². The molecule has 0 aliphatic carbocycles. The molecule has 3 heteroatoms. The van der Waals surface area contributed by atoms with Crippen molar-refractivity contribution in [1.82, 2.24) is 0 Å². The SMILES string of the molecule is Cc1cccc(C)c1OCCC[N+]1(Cc2ccccc2)CCCCCC1.[Y]. The van der Waals surface area contributed by atoms with Gasteiger partial charge in [0.15, 0.2) is 0 Å². The minimum atomic E-state index is 0. The van der Waals surface area contributed by atoms with Crippen molar-refractivity contribution in [1.29, 1.82) is 0 Å². The number of quaternary nitrogens is 1. The molecule has 1 radical (unpaired) electrons. The van der Waals surface area contributed by atoms with Crippen molar-refractivity contribution in [3.63, 3.8) is 0 Å². The Bertz CT molecular complexity index is 658. The maximum atomic E-state index is 6.18. The van der Waals surface area contributed by atoms with Crippen molar-refractivity contribution < 1.29 is 41.9 Å². The molecule has 2 nitrogen and oxygen atoms in total. The Kier molecular flexibility index (Phi) is 9.49. The van der Waals surface area contributed by atoms with Gasteiger partial charge in [0, 0.05) is 44.7 Å². The first-order valence-electron chi connectivity index (χ1n) is 10.3. The molecule has 0 atom stereocenters. The summed E-state index contributed by atoms with van der Waals surface area (Å²) < 4.78 is 7.41. The van der Waals surface area contributed by atoms with Crippen LogP contribution >= 0.6 is 0 Å². The first-order chi connectivity index (χ1) is 12.7. The topological polar surface area (TPSA) is 9.23 Å². The maximum Gasteiger partial charge on any atom is 0.125 e. The van der Waals surface area contributed by atoms with Gasteiger partial charge in [0.1, 0.15) is 12.3 Å². The average molecular weight is 441 g/mol. The van der Waals surface area contributed by atoms with Gasteiger partial charge < -0.3 is 9.22 Å². The Hall–Kier alpha value is -0.696. The molecule has 0 spiro atoms. The molecule has 1 aliphatic rings. The van der Waals surface area contributed by atoms with Gasteiger partial charge in [-0.05, 0) is 50.7 Å². The van der Waals surface area contributed by atoms with Crippen molar-refractivity contribution in [2.45, 2.75) is 52.5 Å². The molecule has 0 aromatic heterocycles. The van der Waals surface area contributed by atoms with Crippen LogP contribution in [0.1, 0.15) is 48.8 Å². The van der Waals surface area contributed by atoms with Crippen molar-refractivity contribution in [2.24, 2.45) is 0 Å². The van der Waals surface area contributed by atoms with Crippen LogP contribution in [0.5, 0.6) is 5.75 Å². The Morgan fingerprint density at radius 1 is 0.815 bits per heavy atom. The molecule has 0 N–H and O–H groups in total. The average Bonchev–Trinajstić information content (AvgIpc) is 2.87. The van der Waals surface area contributed by atoms with Gasteiger partial charge >= 0.3 is 0 Å². The van der Waals surface area contributed by atoms with Gasteiger partial charge in [-0.2, -0.15) is 0 Å². The van der Waals surface area contributed by atoms with E-state index in [0.717, 1.165) is 18.8 Å². The van der Waals surface area contributed by atoms with Crippen LogP contribution in [0.25, 0.3) is 0 Å². The third kappa shape index (κ3) is 6.70. The first-order valence-corrected chi connectivity index (χ1v) is 10.3. The van der Waals surface area contributed by atoms with Crippen LogP contribution in [0.4, 0.5) is 0 Å². The van der Waals surface area contributed by atoms with Gasteiger partial charge in [0.2, 0.25) is 0 Å².